The van der Waals surface area contributed by atoms with Gasteiger partial charge in [0.2, 0.25) is 11.6 Å². The van der Waals surface area contributed by atoms with Crippen molar-refractivity contribution >= 4 is 21.7 Å². The van der Waals surface area contributed by atoms with E-state index in [0.29, 0.717) is 43.3 Å². The molecule has 2 aliphatic heterocycles. The Kier molecular flexibility index (Phi) is 8.46. The van der Waals surface area contributed by atoms with Crippen molar-refractivity contribution in [2.45, 2.75) is 37.4 Å². The molecule has 0 saturated carbocycles. The first-order valence-electron chi connectivity index (χ1n) is 14.7. The number of hydrogen-bond donors (Lipinski definition) is 1. The van der Waals surface area contributed by atoms with Crippen LogP contribution in [0.25, 0.3) is 21.8 Å². The Morgan fingerprint density at radius 3 is 2.48 bits per heavy atom. The van der Waals surface area contributed by atoms with Gasteiger partial charge in [0.05, 0.1) is 30.5 Å². The summed E-state index contributed by atoms with van der Waals surface area (Å²) in [6, 6.07) is 6.47. The SMILES string of the molecule is [C-]#[N+]c1cnc(NC2CCN(S(=O)(=O)c3cn(C)cn3)CC2)nc1-c1cnn(-c2ccc(CN3CCN(C)CC3)cc2C)c1. The molecule has 2 saturated heterocycles. The van der Waals surface area contributed by atoms with E-state index in [4.69, 9.17) is 11.6 Å². The first kappa shape index (κ1) is 29.9. The van der Waals surface area contributed by atoms with Crippen LogP contribution in [0.15, 0.2) is 54.3 Å². The van der Waals surface area contributed by atoms with Crippen LogP contribution in [0.5, 0.6) is 0 Å². The first-order chi connectivity index (χ1) is 21.2. The molecule has 0 aliphatic carbocycles. The normalized spacial score (nSPS) is 17.5. The van der Waals surface area contributed by atoms with Gasteiger partial charge in [-0.3, -0.25) is 4.90 Å². The number of aromatic nitrogens is 6. The minimum atomic E-state index is -3.63. The molecule has 0 bridgehead atoms. The lowest BCUT2D eigenvalue weighted by atomic mass is 10.1. The number of rotatable bonds is 8. The van der Waals surface area contributed by atoms with Gasteiger partial charge in [0.15, 0.2) is 5.03 Å². The van der Waals surface area contributed by atoms with Crippen LogP contribution in [0.3, 0.4) is 0 Å². The molecule has 0 unspecified atom stereocenters. The van der Waals surface area contributed by atoms with E-state index in [1.54, 1.807) is 17.8 Å². The molecule has 0 atom stereocenters. The number of nitrogens with one attached hydrogen (secondary N) is 1. The molecular formula is C30H37N11O2S. The molecule has 5 heterocycles. The molecule has 0 spiro atoms. The van der Waals surface area contributed by atoms with Crippen LogP contribution in [0, 0.1) is 13.5 Å². The summed E-state index contributed by atoms with van der Waals surface area (Å²) in [5, 5.41) is 8.01. The number of piperazine rings is 1. The zero-order valence-corrected chi connectivity index (χ0v) is 26.1. The minimum absolute atomic E-state index is 0.00782. The van der Waals surface area contributed by atoms with Gasteiger partial charge in [0.25, 0.3) is 10.0 Å². The monoisotopic (exact) mass is 615 g/mol. The standard InChI is InChI=1S/C30H37N11O2S/c1-22-15-23(18-39-13-11-37(3)12-14-39)5-6-27(22)41-19-24(16-34-41)29-26(31-2)17-32-30(36-29)35-25-7-9-40(10-8-25)44(42,43)28-20-38(4)21-33-28/h5-6,15-17,19-21,25H,7-14,18H2,1,3-4H3,(H,32,35,36). The van der Waals surface area contributed by atoms with E-state index in [1.165, 1.54) is 28.6 Å². The highest BCUT2D eigenvalue weighted by Gasteiger charge is 2.31. The molecule has 4 aromatic rings. The van der Waals surface area contributed by atoms with Crippen molar-refractivity contribution in [1.82, 2.24) is 43.4 Å². The van der Waals surface area contributed by atoms with Gasteiger partial charge in [0.1, 0.15) is 0 Å². The third-order valence-electron chi connectivity index (χ3n) is 8.33. The van der Waals surface area contributed by atoms with E-state index in [9.17, 15) is 8.42 Å². The summed E-state index contributed by atoms with van der Waals surface area (Å²) in [5.41, 5.74) is 4.94. The van der Waals surface area contributed by atoms with Gasteiger partial charge in [0, 0.05) is 83.1 Å². The molecule has 13 nitrogen and oxygen atoms in total. The second kappa shape index (κ2) is 12.4. The molecule has 1 aromatic carbocycles. The fourth-order valence-corrected chi connectivity index (χ4v) is 7.17. The average Bonchev–Trinajstić information content (AvgIpc) is 3.69. The number of nitrogens with zero attached hydrogens (tertiary/aromatic N) is 10. The predicted molar refractivity (Wildman–Crippen MR) is 167 cm³/mol. The molecule has 6 rings (SSSR count). The molecule has 2 aliphatic rings. The Balaban J connectivity index is 1.13. The number of anilines is 1. The maximum Gasteiger partial charge on any atom is 0.262 e. The predicted octanol–water partition coefficient (Wildman–Crippen LogP) is 2.93. The van der Waals surface area contributed by atoms with Gasteiger partial charge in [-0.2, -0.15) is 9.40 Å². The molecule has 1 N–H and O–H groups in total. The molecule has 230 valence electrons. The topological polar surface area (TPSA) is 122 Å². The Labute approximate surface area is 258 Å². The van der Waals surface area contributed by atoms with E-state index < -0.39 is 10.0 Å². The van der Waals surface area contributed by atoms with E-state index in [1.807, 2.05) is 10.9 Å². The van der Waals surface area contributed by atoms with Crippen molar-refractivity contribution in [1.29, 1.82) is 0 Å². The Bertz CT molecular complexity index is 1780. The van der Waals surface area contributed by atoms with Crippen LogP contribution in [0.1, 0.15) is 24.0 Å². The van der Waals surface area contributed by atoms with Gasteiger partial charge < -0.3 is 14.8 Å². The van der Waals surface area contributed by atoms with Gasteiger partial charge >= 0.3 is 0 Å². The Hall–Kier alpha value is -4.16. The highest BCUT2D eigenvalue weighted by Crippen LogP contribution is 2.30. The largest absolute Gasteiger partial charge is 0.351 e. The number of piperidine rings is 1. The fraction of sp³-hybridized carbons (Fsp3) is 0.433. The van der Waals surface area contributed by atoms with Crippen LogP contribution < -0.4 is 5.32 Å². The summed E-state index contributed by atoms with van der Waals surface area (Å²) in [6.07, 6.45) is 9.33. The fourth-order valence-electron chi connectivity index (χ4n) is 5.73. The van der Waals surface area contributed by atoms with Crippen LogP contribution in [0.4, 0.5) is 11.6 Å². The van der Waals surface area contributed by atoms with Crippen molar-refractivity contribution in [2.75, 3.05) is 51.6 Å². The lowest BCUT2D eigenvalue weighted by molar-refractivity contribution is 0.148. The van der Waals surface area contributed by atoms with E-state index in [0.717, 1.165) is 49.5 Å². The summed E-state index contributed by atoms with van der Waals surface area (Å²) < 4.78 is 30.8. The summed E-state index contributed by atoms with van der Waals surface area (Å²) in [7, 11) is 0.284. The van der Waals surface area contributed by atoms with Crippen molar-refractivity contribution in [3.05, 3.63) is 71.9 Å². The van der Waals surface area contributed by atoms with Crippen molar-refractivity contribution < 1.29 is 8.42 Å². The minimum Gasteiger partial charge on any atom is -0.351 e. The number of sulfonamides is 1. The third-order valence-corrected chi connectivity index (χ3v) is 10.1. The molecular weight excluding hydrogens is 578 g/mol. The molecule has 44 heavy (non-hydrogen) atoms. The van der Waals surface area contributed by atoms with Crippen molar-refractivity contribution in [3.63, 3.8) is 0 Å². The Morgan fingerprint density at radius 1 is 1.02 bits per heavy atom. The van der Waals surface area contributed by atoms with Crippen LogP contribution in [-0.2, 0) is 23.6 Å². The average molecular weight is 616 g/mol. The van der Waals surface area contributed by atoms with Crippen molar-refractivity contribution in [3.8, 4) is 16.9 Å². The summed E-state index contributed by atoms with van der Waals surface area (Å²) in [6.45, 7) is 15.8. The molecule has 2 fully saturated rings. The van der Waals surface area contributed by atoms with Crippen LogP contribution in [0.2, 0.25) is 0 Å². The highest BCUT2D eigenvalue weighted by molar-refractivity contribution is 7.89. The summed E-state index contributed by atoms with van der Waals surface area (Å²) in [5.74, 6) is 0.399. The van der Waals surface area contributed by atoms with Gasteiger partial charge in [-0.15, -0.1) is 0 Å². The number of benzene rings is 1. The van der Waals surface area contributed by atoms with Gasteiger partial charge in [-0.25, -0.2) is 32.9 Å². The number of likely N-dealkylation sites (N-methyl/N-ethyl adjacent to an activating group) is 1. The first-order valence-corrected chi connectivity index (χ1v) is 16.2. The number of aryl methyl sites for hydroxylation is 2. The molecule has 3 aromatic heterocycles. The van der Waals surface area contributed by atoms with E-state index in [2.05, 4.69) is 67.2 Å². The quantitative estimate of drug-likeness (QED) is 0.298. The highest BCUT2D eigenvalue weighted by atomic mass is 32.2. The van der Waals surface area contributed by atoms with Gasteiger partial charge in [-0.1, -0.05) is 12.1 Å². The zero-order valence-electron chi connectivity index (χ0n) is 25.3. The lowest BCUT2D eigenvalue weighted by Crippen LogP contribution is -2.43. The number of imidazole rings is 1. The second-order valence-electron chi connectivity index (χ2n) is 11.6. The second-order valence-corrected chi connectivity index (χ2v) is 13.5. The van der Waals surface area contributed by atoms with Gasteiger partial charge in [-0.05, 0) is 44.0 Å². The smallest absolute Gasteiger partial charge is 0.262 e. The van der Waals surface area contributed by atoms with Crippen LogP contribution in [-0.4, -0.2) is 104 Å². The third kappa shape index (κ3) is 6.36. The molecule has 0 radical (unpaired) electrons. The maximum atomic E-state index is 12.9. The summed E-state index contributed by atoms with van der Waals surface area (Å²) in [4.78, 5) is 21.6. The van der Waals surface area contributed by atoms with E-state index in [-0.39, 0.29) is 11.1 Å². The van der Waals surface area contributed by atoms with E-state index >= 15 is 0 Å². The van der Waals surface area contributed by atoms with Crippen molar-refractivity contribution in [2.24, 2.45) is 7.05 Å². The maximum absolute atomic E-state index is 12.9. The zero-order chi connectivity index (χ0) is 30.8. The summed E-state index contributed by atoms with van der Waals surface area (Å²) >= 11 is 0. The molecule has 14 heteroatoms. The van der Waals surface area contributed by atoms with Crippen LogP contribution >= 0.6 is 0 Å². The number of hydrogen-bond acceptors (Lipinski definition) is 9. The lowest BCUT2D eigenvalue weighted by Gasteiger charge is -2.32. The Morgan fingerprint density at radius 2 is 1.80 bits per heavy atom. The molecule has 0 amide bonds.